The maximum absolute atomic E-state index is 12.8. The maximum Gasteiger partial charge on any atom is 0.330 e. The minimum atomic E-state index is -3.55. The molecule has 0 bridgehead atoms. The number of hydrogen-bond donors (Lipinski definition) is 1. The van der Waals surface area contributed by atoms with Gasteiger partial charge < -0.3 is 9.88 Å². The van der Waals surface area contributed by atoms with Gasteiger partial charge in [0.05, 0.1) is 10.6 Å². The largest absolute Gasteiger partial charge is 0.336 e. The van der Waals surface area contributed by atoms with Crippen molar-refractivity contribution >= 4 is 15.9 Å². The van der Waals surface area contributed by atoms with Crippen molar-refractivity contribution in [3.05, 3.63) is 82.5 Å². The van der Waals surface area contributed by atoms with Crippen LogP contribution in [-0.2, 0) is 10.0 Å². The van der Waals surface area contributed by atoms with Crippen LogP contribution in [0.5, 0.6) is 0 Å². The number of carbonyl (C=O) groups is 1. The minimum Gasteiger partial charge on any atom is -0.336 e. The number of hydrogen-bond acceptors (Lipinski definition) is 4. The number of amides is 1. The van der Waals surface area contributed by atoms with Gasteiger partial charge >= 0.3 is 5.69 Å². The van der Waals surface area contributed by atoms with E-state index in [9.17, 15) is 18.0 Å². The van der Waals surface area contributed by atoms with E-state index in [4.69, 9.17) is 0 Å². The Bertz CT molecular complexity index is 1210. The van der Waals surface area contributed by atoms with E-state index in [1.807, 2.05) is 6.92 Å². The van der Waals surface area contributed by atoms with Crippen LogP contribution in [0.3, 0.4) is 0 Å². The fourth-order valence-corrected chi connectivity index (χ4v) is 5.03. The van der Waals surface area contributed by atoms with E-state index in [1.165, 1.54) is 8.87 Å². The van der Waals surface area contributed by atoms with Crippen LogP contribution in [0.1, 0.15) is 16.1 Å². The number of rotatable bonds is 4. The normalized spacial score (nSPS) is 15.3. The number of H-pyrrole nitrogens is 1. The molecule has 1 amide bonds. The summed E-state index contributed by atoms with van der Waals surface area (Å²) in [6.07, 6.45) is 1.63. The lowest BCUT2D eigenvalue weighted by molar-refractivity contribution is 0.0698. The summed E-state index contributed by atoms with van der Waals surface area (Å²) in [7, 11) is -3.55. The Hall–Kier alpha value is -3.17. The van der Waals surface area contributed by atoms with Crippen LogP contribution in [-0.4, -0.2) is 59.3 Å². The molecule has 1 aliphatic rings. The molecule has 2 heterocycles. The molecule has 9 heteroatoms. The van der Waals surface area contributed by atoms with Gasteiger partial charge in [-0.05, 0) is 43.3 Å². The lowest BCUT2D eigenvalue weighted by Crippen LogP contribution is -2.50. The van der Waals surface area contributed by atoms with E-state index < -0.39 is 10.0 Å². The Morgan fingerprint density at radius 3 is 2.13 bits per heavy atom. The van der Waals surface area contributed by atoms with Crippen LogP contribution < -0.4 is 5.69 Å². The fourth-order valence-electron chi connectivity index (χ4n) is 3.59. The molecule has 0 atom stereocenters. The third-order valence-corrected chi connectivity index (χ3v) is 7.15. The highest BCUT2D eigenvalue weighted by Crippen LogP contribution is 2.19. The monoisotopic (exact) mass is 426 g/mol. The Labute approximate surface area is 174 Å². The number of nitrogens with zero attached hydrogens (tertiary/aromatic N) is 3. The highest BCUT2D eigenvalue weighted by Gasteiger charge is 2.30. The van der Waals surface area contributed by atoms with Crippen LogP contribution in [0, 0.1) is 6.92 Å². The van der Waals surface area contributed by atoms with Crippen molar-refractivity contribution in [1.82, 2.24) is 18.8 Å². The number of benzene rings is 2. The van der Waals surface area contributed by atoms with E-state index in [1.54, 1.807) is 65.7 Å². The van der Waals surface area contributed by atoms with Crippen LogP contribution in [0.15, 0.2) is 70.5 Å². The lowest BCUT2D eigenvalue weighted by Gasteiger charge is -2.34. The predicted octanol–water partition coefficient (Wildman–Crippen LogP) is 1.62. The molecule has 0 spiro atoms. The van der Waals surface area contributed by atoms with E-state index in [0.717, 1.165) is 5.69 Å². The lowest BCUT2D eigenvalue weighted by atomic mass is 10.1. The molecule has 1 fully saturated rings. The van der Waals surface area contributed by atoms with Crippen LogP contribution in [0.2, 0.25) is 0 Å². The van der Waals surface area contributed by atoms with Crippen molar-refractivity contribution in [1.29, 1.82) is 0 Å². The van der Waals surface area contributed by atoms with Gasteiger partial charge in [-0.1, -0.05) is 18.2 Å². The third kappa shape index (κ3) is 3.69. The molecule has 1 saturated heterocycles. The number of piperazine rings is 1. The zero-order chi connectivity index (χ0) is 21.3. The highest BCUT2D eigenvalue weighted by atomic mass is 32.2. The quantitative estimate of drug-likeness (QED) is 0.686. The van der Waals surface area contributed by atoms with Gasteiger partial charge in [0.1, 0.15) is 0 Å². The number of aryl methyl sites for hydroxylation is 1. The Balaban J connectivity index is 1.44. The molecule has 3 aromatic rings. The summed E-state index contributed by atoms with van der Waals surface area (Å²) in [6, 6.07) is 15.1. The second-order valence-electron chi connectivity index (χ2n) is 7.13. The molecular formula is C21H22N4O4S. The highest BCUT2D eigenvalue weighted by molar-refractivity contribution is 7.89. The number of imidazole rings is 1. The van der Waals surface area contributed by atoms with Gasteiger partial charge in [0, 0.05) is 43.6 Å². The van der Waals surface area contributed by atoms with E-state index in [0.29, 0.717) is 24.3 Å². The molecule has 0 radical (unpaired) electrons. The van der Waals surface area contributed by atoms with Crippen molar-refractivity contribution in [3.8, 4) is 5.69 Å². The topological polar surface area (TPSA) is 95.5 Å². The van der Waals surface area contributed by atoms with Crippen molar-refractivity contribution in [2.24, 2.45) is 0 Å². The van der Waals surface area contributed by atoms with Crippen molar-refractivity contribution in [3.63, 3.8) is 0 Å². The third-order valence-electron chi connectivity index (χ3n) is 5.24. The summed E-state index contributed by atoms with van der Waals surface area (Å²) < 4.78 is 28.4. The first-order valence-electron chi connectivity index (χ1n) is 9.60. The molecule has 0 unspecified atom stereocenters. The van der Waals surface area contributed by atoms with E-state index >= 15 is 0 Å². The Morgan fingerprint density at radius 2 is 1.57 bits per heavy atom. The second kappa shape index (κ2) is 7.92. The van der Waals surface area contributed by atoms with Gasteiger partial charge in [0.2, 0.25) is 10.0 Å². The summed E-state index contributed by atoms with van der Waals surface area (Å²) in [6.45, 7) is 2.96. The number of sulfonamides is 1. The molecule has 1 aromatic heterocycles. The first kappa shape index (κ1) is 20.1. The molecule has 0 saturated carbocycles. The van der Waals surface area contributed by atoms with Gasteiger partial charge in [-0.2, -0.15) is 4.31 Å². The molecule has 0 aliphatic carbocycles. The number of carbonyl (C=O) groups excluding carboxylic acids is 1. The van der Waals surface area contributed by atoms with E-state index in [-0.39, 0.29) is 29.6 Å². The predicted molar refractivity (Wildman–Crippen MR) is 112 cm³/mol. The van der Waals surface area contributed by atoms with Crippen LogP contribution in [0.4, 0.5) is 0 Å². The number of nitrogens with one attached hydrogen (secondary N) is 1. The van der Waals surface area contributed by atoms with Crippen LogP contribution in [0.25, 0.3) is 5.69 Å². The minimum absolute atomic E-state index is 0.156. The second-order valence-corrected chi connectivity index (χ2v) is 9.06. The van der Waals surface area contributed by atoms with E-state index in [2.05, 4.69) is 4.98 Å². The molecule has 30 heavy (non-hydrogen) atoms. The fraction of sp³-hybridized carbons (Fsp3) is 0.238. The Morgan fingerprint density at radius 1 is 0.933 bits per heavy atom. The molecule has 4 rings (SSSR count). The number of aromatic nitrogens is 2. The van der Waals surface area contributed by atoms with Crippen molar-refractivity contribution < 1.29 is 13.2 Å². The van der Waals surface area contributed by atoms with Crippen molar-refractivity contribution in [2.75, 3.05) is 26.2 Å². The zero-order valence-corrected chi connectivity index (χ0v) is 17.3. The summed E-state index contributed by atoms with van der Waals surface area (Å²) in [5.41, 5.74) is 1.71. The summed E-state index contributed by atoms with van der Waals surface area (Å²) in [5.74, 6) is -0.156. The Kier molecular flexibility index (Phi) is 5.31. The van der Waals surface area contributed by atoms with Crippen LogP contribution >= 0.6 is 0 Å². The molecule has 8 nitrogen and oxygen atoms in total. The van der Waals surface area contributed by atoms with Gasteiger partial charge in [-0.25, -0.2) is 13.2 Å². The summed E-state index contributed by atoms with van der Waals surface area (Å²) in [5, 5.41) is 0. The van der Waals surface area contributed by atoms with Crippen molar-refractivity contribution in [2.45, 2.75) is 11.8 Å². The van der Waals surface area contributed by atoms with Gasteiger partial charge in [0.25, 0.3) is 5.91 Å². The molecular weight excluding hydrogens is 404 g/mol. The first-order chi connectivity index (χ1) is 14.4. The summed E-state index contributed by atoms with van der Waals surface area (Å²) in [4.78, 5) is 29.3. The average molecular weight is 426 g/mol. The molecule has 1 aliphatic heterocycles. The smallest absolute Gasteiger partial charge is 0.330 e. The zero-order valence-electron chi connectivity index (χ0n) is 16.5. The maximum atomic E-state index is 12.8. The van der Waals surface area contributed by atoms with Gasteiger partial charge in [-0.3, -0.25) is 9.36 Å². The summed E-state index contributed by atoms with van der Waals surface area (Å²) >= 11 is 0. The molecule has 156 valence electrons. The number of aromatic amines is 1. The van der Waals surface area contributed by atoms with Gasteiger partial charge in [0.15, 0.2) is 0 Å². The standard InChI is InChI=1S/C21H22N4O4S/c1-16-15-22-21(27)25(16)18-9-7-17(8-10-18)20(26)23-11-13-24(14-12-23)30(28,29)19-5-3-2-4-6-19/h2-10,15H,11-14H2,1H3,(H,22,27). The van der Waals surface area contributed by atoms with Gasteiger partial charge in [-0.15, -0.1) is 0 Å². The first-order valence-corrected chi connectivity index (χ1v) is 11.0. The molecule has 2 aromatic carbocycles. The molecule has 1 N–H and O–H groups in total. The SMILES string of the molecule is Cc1c[nH]c(=O)n1-c1ccc(C(=O)N2CCN(S(=O)(=O)c3ccccc3)CC2)cc1. The average Bonchev–Trinajstić information content (AvgIpc) is 3.12.